The van der Waals surface area contributed by atoms with E-state index in [-0.39, 0.29) is 0 Å². The molecule has 0 aliphatic carbocycles. The van der Waals surface area contributed by atoms with Gasteiger partial charge in [-0.05, 0) is 23.4 Å². The molecule has 0 radical (unpaired) electrons. The average Bonchev–Trinajstić information content (AvgIpc) is 2.13. The summed E-state index contributed by atoms with van der Waals surface area (Å²) < 4.78 is 73.4. The van der Waals surface area contributed by atoms with Crippen LogP contribution in [-0.2, 0) is 0 Å². The minimum absolute atomic E-state index is 0.537. The minimum Gasteiger partial charge on any atom is -0.316 e. The highest BCUT2D eigenvalue weighted by Gasteiger charge is 2.40. The average molecular weight is 275 g/mol. The molecular formula is C9H7F6NS. The fourth-order valence-corrected chi connectivity index (χ4v) is 1.84. The Morgan fingerprint density at radius 1 is 1.00 bits per heavy atom. The highest BCUT2D eigenvalue weighted by Crippen LogP contribution is 2.42. The molecule has 1 aromatic carbocycles. The summed E-state index contributed by atoms with van der Waals surface area (Å²) in [7, 11) is 0. The number of thioether (sulfide) groups is 1. The van der Waals surface area contributed by atoms with Crippen LogP contribution in [0.25, 0.3) is 0 Å². The van der Waals surface area contributed by atoms with Crippen molar-refractivity contribution in [2.75, 3.05) is 0 Å². The Hall–Kier alpha value is -0.890. The number of hydrogen-bond acceptors (Lipinski definition) is 2. The van der Waals surface area contributed by atoms with Crippen molar-refractivity contribution in [3.05, 3.63) is 29.8 Å². The van der Waals surface area contributed by atoms with E-state index in [0.717, 1.165) is 12.1 Å². The van der Waals surface area contributed by atoms with Gasteiger partial charge in [0.25, 0.3) is 0 Å². The van der Waals surface area contributed by atoms with Crippen LogP contribution in [0.5, 0.6) is 0 Å². The van der Waals surface area contributed by atoms with E-state index in [9.17, 15) is 26.3 Å². The van der Waals surface area contributed by atoms with Gasteiger partial charge in [0.1, 0.15) is 6.04 Å². The zero-order valence-electron chi connectivity index (χ0n) is 8.14. The normalized spacial score (nSPS) is 14.8. The van der Waals surface area contributed by atoms with Crippen LogP contribution in [0.3, 0.4) is 0 Å². The van der Waals surface area contributed by atoms with Gasteiger partial charge in [0.2, 0.25) is 0 Å². The van der Waals surface area contributed by atoms with Crippen molar-refractivity contribution in [3.8, 4) is 0 Å². The van der Waals surface area contributed by atoms with E-state index in [1.165, 1.54) is 12.1 Å². The molecule has 0 amide bonds. The van der Waals surface area contributed by atoms with Crippen LogP contribution in [0.1, 0.15) is 11.6 Å². The SMILES string of the molecule is N[C@H](c1ccccc1SC(F)(F)F)C(F)(F)F. The summed E-state index contributed by atoms with van der Waals surface area (Å²) in [6.07, 6.45) is -4.78. The molecule has 1 aromatic rings. The van der Waals surface area contributed by atoms with Gasteiger partial charge < -0.3 is 5.73 Å². The first-order chi connectivity index (χ1) is 7.61. The molecule has 96 valence electrons. The third-order valence-electron chi connectivity index (χ3n) is 1.83. The van der Waals surface area contributed by atoms with Gasteiger partial charge in [0.15, 0.2) is 0 Å². The van der Waals surface area contributed by atoms with Crippen molar-refractivity contribution in [1.82, 2.24) is 0 Å². The van der Waals surface area contributed by atoms with Crippen molar-refractivity contribution < 1.29 is 26.3 Å². The van der Waals surface area contributed by atoms with Crippen molar-refractivity contribution in [1.29, 1.82) is 0 Å². The molecule has 0 saturated carbocycles. The Morgan fingerprint density at radius 2 is 1.53 bits per heavy atom. The maximum Gasteiger partial charge on any atom is 0.446 e. The van der Waals surface area contributed by atoms with Crippen LogP contribution in [0, 0.1) is 0 Å². The second-order valence-corrected chi connectivity index (χ2v) is 4.21. The first kappa shape index (κ1) is 14.2. The van der Waals surface area contributed by atoms with E-state index in [0.29, 0.717) is 0 Å². The van der Waals surface area contributed by atoms with E-state index in [4.69, 9.17) is 5.73 Å². The number of rotatable bonds is 2. The highest BCUT2D eigenvalue weighted by atomic mass is 32.2. The van der Waals surface area contributed by atoms with Gasteiger partial charge in [-0.1, -0.05) is 18.2 Å². The monoisotopic (exact) mass is 275 g/mol. The minimum atomic E-state index is -4.78. The van der Waals surface area contributed by atoms with Gasteiger partial charge >= 0.3 is 11.7 Å². The summed E-state index contributed by atoms with van der Waals surface area (Å²) in [5.41, 5.74) is -0.347. The number of alkyl halides is 6. The Kier molecular flexibility index (Phi) is 3.98. The maximum atomic E-state index is 12.3. The molecule has 0 fully saturated rings. The van der Waals surface area contributed by atoms with Crippen molar-refractivity contribution >= 4 is 11.8 Å². The van der Waals surface area contributed by atoms with E-state index in [1.807, 2.05) is 0 Å². The van der Waals surface area contributed by atoms with Crippen LogP contribution in [-0.4, -0.2) is 11.7 Å². The molecule has 0 unspecified atom stereocenters. The third kappa shape index (κ3) is 4.12. The zero-order valence-corrected chi connectivity index (χ0v) is 8.96. The van der Waals surface area contributed by atoms with Crippen LogP contribution >= 0.6 is 11.8 Å². The van der Waals surface area contributed by atoms with Gasteiger partial charge in [0.05, 0.1) is 0 Å². The molecule has 1 nitrogen and oxygen atoms in total. The van der Waals surface area contributed by atoms with E-state index >= 15 is 0 Å². The summed E-state index contributed by atoms with van der Waals surface area (Å²) in [6.45, 7) is 0. The molecule has 0 aromatic heterocycles. The van der Waals surface area contributed by atoms with Crippen LogP contribution < -0.4 is 5.73 Å². The summed E-state index contributed by atoms with van der Waals surface area (Å²) in [4.78, 5) is -0.537. The smallest absolute Gasteiger partial charge is 0.316 e. The number of hydrogen-bond donors (Lipinski definition) is 1. The fourth-order valence-electron chi connectivity index (χ4n) is 1.13. The lowest BCUT2D eigenvalue weighted by molar-refractivity contribution is -0.149. The number of benzene rings is 1. The third-order valence-corrected chi connectivity index (χ3v) is 2.66. The molecule has 17 heavy (non-hydrogen) atoms. The molecule has 8 heteroatoms. The lowest BCUT2D eigenvalue weighted by Crippen LogP contribution is -2.29. The zero-order chi connectivity index (χ0) is 13.3. The molecule has 1 rings (SSSR count). The quantitative estimate of drug-likeness (QED) is 0.655. The number of halogens is 6. The van der Waals surface area contributed by atoms with Gasteiger partial charge in [-0.2, -0.15) is 26.3 Å². The van der Waals surface area contributed by atoms with E-state index in [1.54, 1.807) is 0 Å². The largest absolute Gasteiger partial charge is 0.446 e. The second kappa shape index (κ2) is 4.77. The summed E-state index contributed by atoms with van der Waals surface area (Å²) >= 11 is -0.608. The molecule has 0 spiro atoms. The van der Waals surface area contributed by atoms with E-state index in [2.05, 4.69) is 0 Å². The standard InChI is InChI=1S/C9H7F6NS/c10-8(11,12)7(16)5-3-1-2-4-6(5)17-9(13,14)15/h1-4,7H,16H2/t7-/m1/s1. The summed E-state index contributed by atoms with van der Waals surface area (Å²) in [5.74, 6) is 0. The summed E-state index contributed by atoms with van der Waals surface area (Å²) in [5, 5.41) is 0. The predicted octanol–water partition coefficient (Wildman–Crippen LogP) is 3.86. The summed E-state index contributed by atoms with van der Waals surface area (Å²) in [6, 6.07) is 1.90. The lowest BCUT2D eigenvalue weighted by atomic mass is 10.1. The first-order valence-corrected chi connectivity index (χ1v) is 5.10. The Bertz CT molecular complexity index is 386. The van der Waals surface area contributed by atoms with Crippen molar-refractivity contribution in [2.45, 2.75) is 22.6 Å². The Morgan fingerprint density at radius 3 is 2.00 bits per heavy atom. The fraction of sp³-hybridized carbons (Fsp3) is 0.333. The molecule has 0 saturated heterocycles. The van der Waals surface area contributed by atoms with Crippen molar-refractivity contribution in [3.63, 3.8) is 0 Å². The molecule has 2 N–H and O–H groups in total. The first-order valence-electron chi connectivity index (χ1n) is 4.28. The molecule has 0 aliphatic heterocycles. The molecule has 0 bridgehead atoms. The van der Waals surface area contributed by atoms with Crippen molar-refractivity contribution in [2.24, 2.45) is 5.73 Å². The maximum absolute atomic E-state index is 12.3. The van der Waals surface area contributed by atoms with Crippen LogP contribution in [0.2, 0.25) is 0 Å². The topological polar surface area (TPSA) is 26.0 Å². The molecular weight excluding hydrogens is 268 g/mol. The van der Waals surface area contributed by atoms with Gasteiger partial charge in [-0.3, -0.25) is 0 Å². The van der Waals surface area contributed by atoms with Crippen LogP contribution in [0.15, 0.2) is 29.2 Å². The van der Waals surface area contributed by atoms with Crippen LogP contribution in [0.4, 0.5) is 26.3 Å². The van der Waals surface area contributed by atoms with Gasteiger partial charge in [-0.25, -0.2) is 0 Å². The second-order valence-electron chi connectivity index (χ2n) is 3.10. The predicted molar refractivity (Wildman–Crippen MR) is 51.3 cm³/mol. The molecule has 1 atom stereocenters. The Balaban J connectivity index is 3.08. The molecule has 0 heterocycles. The molecule has 0 aliphatic rings. The highest BCUT2D eigenvalue weighted by molar-refractivity contribution is 8.00. The van der Waals surface area contributed by atoms with E-state index < -0.39 is 39.9 Å². The van der Waals surface area contributed by atoms with Gasteiger partial charge in [0, 0.05) is 4.90 Å². The van der Waals surface area contributed by atoms with Gasteiger partial charge in [-0.15, -0.1) is 0 Å². The lowest BCUT2D eigenvalue weighted by Gasteiger charge is -2.19. The number of nitrogens with two attached hydrogens (primary N) is 1. The Labute approximate surface area is 97.0 Å².